The molecule has 0 heterocycles. The number of hydrogen-bond donors (Lipinski definition) is 0. The highest BCUT2D eigenvalue weighted by Gasteiger charge is 2.42. The molecule has 21 heavy (non-hydrogen) atoms. The van der Waals surface area contributed by atoms with E-state index in [1.807, 2.05) is 62.4 Å². The summed E-state index contributed by atoms with van der Waals surface area (Å²) in [5.74, 6) is 0.792. The van der Waals surface area contributed by atoms with Crippen molar-refractivity contribution in [2.75, 3.05) is 0 Å². The van der Waals surface area contributed by atoms with Gasteiger partial charge in [0.1, 0.15) is 6.10 Å². The van der Waals surface area contributed by atoms with Crippen LogP contribution >= 0.6 is 0 Å². The Morgan fingerprint density at radius 3 is 2.62 bits per heavy atom. The van der Waals surface area contributed by atoms with Crippen molar-refractivity contribution in [1.29, 1.82) is 0 Å². The van der Waals surface area contributed by atoms with Gasteiger partial charge in [-0.1, -0.05) is 61.6 Å². The largest absolute Gasteiger partial charge is 0.458 e. The minimum Gasteiger partial charge on any atom is -0.458 e. The van der Waals surface area contributed by atoms with Gasteiger partial charge < -0.3 is 4.74 Å². The van der Waals surface area contributed by atoms with E-state index >= 15 is 0 Å². The van der Waals surface area contributed by atoms with Gasteiger partial charge in [-0.3, -0.25) is 4.79 Å². The fraction of sp³-hybridized carbons (Fsp3) is 0.421. The van der Waals surface area contributed by atoms with Crippen LogP contribution in [0.5, 0.6) is 0 Å². The lowest BCUT2D eigenvalue weighted by atomic mass is 9.65. The van der Waals surface area contributed by atoms with E-state index in [1.165, 1.54) is 0 Å². The van der Waals surface area contributed by atoms with Crippen molar-refractivity contribution in [3.8, 4) is 0 Å². The van der Waals surface area contributed by atoms with Crippen LogP contribution in [0.25, 0.3) is 0 Å². The Morgan fingerprint density at radius 1 is 1.29 bits per heavy atom. The highest BCUT2D eigenvalue weighted by molar-refractivity contribution is 5.74. The Balaban J connectivity index is 1.94. The number of allylic oxidation sites excluding steroid dienone is 4. The van der Waals surface area contributed by atoms with Crippen LogP contribution in [0.15, 0.2) is 54.6 Å². The fourth-order valence-corrected chi connectivity index (χ4v) is 2.85. The van der Waals surface area contributed by atoms with Gasteiger partial charge in [-0.15, -0.1) is 0 Å². The van der Waals surface area contributed by atoms with Crippen LogP contribution in [0.3, 0.4) is 0 Å². The smallest absolute Gasteiger partial charge is 0.310 e. The summed E-state index contributed by atoms with van der Waals surface area (Å²) in [7, 11) is 0. The third kappa shape index (κ3) is 3.84. The van der Waals surface area contributed by atoms with Crippen molar-refractivity contribution in [2.24, 2.45) is 17.8 Å². The van der Waals surface area contributed by atoms with Crippen molar-refractivity contribution in [2.45, 2.75) is 33.3 Å². The molecule has 0 N–H and O–H groups in total. The van der Waals surface area contributed by atoms with Gasteiger partial charge in [0.05, 0.1) is 5.92 Å². The number of carbonyl (C=O) groups excluding carboxylic acids is 1. The molecule has 0 spiro atoms. The first kappa shape index (κ1) is 15.6. The number of ether oxygens (including phenoxy) is 1. The molecule has 1 aliphatic carbocycles. The second-order valence-electron chi connectivity index (χ2n) is 5.80. The monoisotopic (exact) mass is 284 g/mol. The third-order valence-electron chi connectivity index (χ3n) is 4.25. The maximum Gasteiger partial charge on any atom is 0.310 e. The van der Waals surface area contributed by atoms with Crippen molar-refractivity contribution in [3.63, 3.8) is 0 Å². The van der Waals surface area contributed by atoms with Crippen LogP contribution in [0.1, 0.15) is 38.9 Å². The third-order valence-corrected chi connectivity index (χ3v) is 4.25. The lowest BCUT2D eigenvalue weighted by molar-refractivity contribution is -0.161. The predicted octanol–water partition coefficient (Wildman–Crippen LogP) is 4.70. The maximum absolute atomic E-state index is 12.3. The summed E-state index contributed by atoms with van der Waals surface area (Å²) >= 11 is 0. The molecule has 0 aliphatic heterocycles. The molecule has 4 unspecified atom stereocenters. The van der Waals surface area contributed by atoms with E-state index in [9.17, 15) is 4.79 Å². The normalized spacial score (nSPS) is 26.7. The summed E-state index contributed by atoms with van der Waals surface area (Å²) in [6.45, 7) is 6.11. The van der Waals surface area contributed by atoms with Gasteiger partial charge in [-0.05, 0) is 37.7 Å². The molecule has 2 nitrogen and oxygen atoms in total. The fourth-order valence-electron chi connectivity index (χ4n) is 2.85. The van der Waals surface area contributed by atoms with Crippen LogP contribution in [0, 0.1) is 17.8 Å². The van der Waals surface area contributed by atoms with Crippen LogP contribution in [0.4, 0.5) is 0 Å². The molecule has 2 rings (SSSR count). The topological polar surface area (TPSA) is 26.3 Å². The molecular weight excluding hydrogens is 260 g/mol. The van der Waals surface area contributed by atoms with Gasteiger partial charge >= 0.3 is 5.97 Å². The second kappa shape index (κ2) is 7.26. The zero-order valence-electron chi connectivity index (χ0n) is 13.0. The number of benzene rings is 1. The zero-order chi connectivity index (χ0) is 15.2. The van der Waals surface area contributed by atoms with Gasteiger partial charge in [0, 0.05) is 0 Å². The first-order chi connectivity index (χ1) is 10.1. The molecule has 2 heteroatoms. The quantitative estimate of drug-likeness (QED) is 0.579. The van der Waals surface area contributed by atoms with Crippen molar-refractivity contribution in [3.05, 3.63) is 60.2 Å². The highest BCUT2D eigenvalue weighted by Crippen LogP contribution is 2.42. The molecule has 0 amide bonds. The summed E-state index contributed by atoms with van der Waals surface area (Å²) in [5.41, 5.74) is 1.04. The average molecular weight is 284 g/mol. The standard InChI is InChI=1S/C19H24O2/c1-4-5-7-12-17-14(2)13-18(17)19(20)21-15(3)16-10-8-6-9-11-16/h4-12,14-15,17-18H,13H2,1-3H3/b5-4-,12-7-. The average Bonchev–Trinajstić information content (AvgIpc) is 2.49. The van der Waals surface area contributed by atoms with Crippen molar-refractivity contribution >= 4 is 5.97 Å². The maximum atomic E-state index is 12.3. The Hall–Kier alpha value is -1.83. The van der Waals surface area contributed by atoms with E-state index in [4.69, 9.17) is 4.74 Å². The summed E-state index contributed by atoms with van der Waals surface area (Å²) in [6, 6.07) is 9.88. The number of carbonyl (C=O) groups is 1. The van der Waals surface area contributed by atoms with Gasteiger partial charge in [-0.25, -0.2) is 0 Å². The van der Waals surface area contributed by atoms with Crippen molar-refractivity contribution < 1.29 is 9.53 Å². The molecule has 4 atom stereocenters. The molecule has 1 aliphatic rings. The highest BCUT2D eigenvalue weighted by atomic mass is 16.5. The molecule has 0 radical (unpaired) electrons. The molecule has 1 fully saturated rings. The van der Waals surface area contributed by atoms with Crippen LogP contribution in [-0.2, 0) is 9.53 Å². The molecule has 112 valence electrons. The Kier molecular flexibility index (Phi) is 5.38. The molecular formula is C19H24O2. The summed E-state index contributed by atoms with van der Waals surface area (Å²) in [5, 5.41) is 0. The van der Waals surface area contributed by atoms with Crippen molar-refractivity contribution in [1.82, 2.24) is 0 Å². The summed E-state index contributed by atoms with van der Waals surface area (Å²) < 4.78 is 5.63. The van der Waals surface area contributed by atoms with E-state index in [2.05, 4.69) is 13.0 Å². The molecule has 0 bridgehead atoms. The van der Waals surface area contributed by atoms with Crippen LogP contribution in [-0.4, -0.2) is 5.97 Å². The van der Waals surface area contributed by atoms with Gasteiger partial charge in [-0.2, -0.15) is 0 Å². The molecule has 0 aromatic heterocycles. The van der Waals surface area contributed by atoms with E-state index < -0.39 is 0 Å². The van der Waals surface area contributed by atoms with Gasteiger partial charge in [0.25, 0.3) is 0 Å². The Labute approximate surface area is 127 Å². The molecule has 1 aromatic carbocycles. The van der Waals surface area contributed by atoms with Gasteiger partial charge in [0.15, 0.2) is 0 Å². The van der Waals surface area contributed by atoms with Crippen LogP contribution < -0.4 is 0 Å². The summed E-state index contributed by atoms with van der Waals surface area (Å²) in [4.78, 5) is 12.3. The lowest BCUT2D eigenvalue weighted by Gasteiger charge is -2.40. The molecule has 0 saturated heterocycles. The van der Waals surface area contributed by atoms with Crippen LogP contribution in [0.2, 0.25) is 0 Å². The minimum absolute atomic E-state index is 0.00710. The summed E-state index contributed by atoms with van der Waals surface area (Å²) in [6.07, 6.45) is 8.89. The molecule has 1 aromatic rings. The SMILES string of the molecule is C/C=C\C=C/C1C(C)CC1C(=O)OC(C)c1ccccc1. The van der Waals surface area contributed by atoms with E-state index in [1.54, 1.807) is 0 Å². The van der Waals surface area contributed by atoms with Gasteiger partial charge in [0.2, 0.25) is 0 Å². The molecule has 1 saturated carbocycles. The first-order valence-electron chi connectivity index (χ1n) is 7.68. The Morgan fingerprint density at radius 2 is 2.00 bits per heavy atom. The number of hydrogen-bond acceptors (Lipinski definition) is 2. The second-order valence-corrected chi connectivity index (χ2v) is 5.80. The Bertz CT molecular complexity index is 516. The lowest BCUT2D eigenvalue weighted by Crippen LogP contribution is -2.40. The van der Waals surface area contributed by atoms with E-state index in [0.29, 0.717) is 11.8 Å². The number of rotatable bonds is 5. The number of esters is 1. The first-order valence-corrected chi connectivity index (χ1v) is 7.68. The van der Waals surface area contributed by atoms with E-state index in [0.717, 1.165) is 12.0 Å². The predicted molar refractivity (Wildman–Crippen MR) is 85.7 cm³/mol. The zero-order valence-corrected chi connectivity index (χ0v) is 13.0. The minimum atomic E-state index is -0.185. The van der Waals surface area contributed by atoms with E-state index in [-0.39, 0.29) is 18.0 Å².